The highest BCUT2D eigenvalue weighted by Gasteiger charge is 2.23. The lowest BCUT2D eigenvalue weighted by molar-refractivity contribution is -0.0358. The Morgan fingerprint density at radius 2 is 2.17 bits per heavy atom. The largest absolute Gasteiger partial charge is 0.374 e. The molecule has 1 aliphatic heterocycles. The van der Waals surface area contributed by atoms with E-state index in [-0.39, 0.29) is 6.10 Å². The lowest BCUT2D eigenvalue weighted by atomic mass is 10.1. The Kier molecular flexibility index (Phi) is 5.18. The van der Waals surface area contributed by atoms with E-state index in [2.05, 4.69) is 52.0 Å². The van der Waals surface area contributed by atoms with E-state index in [1.54, 1.807) is 0 Å². The number of nitrogens with zero attached hydrogens (tertiary/aromatic N) is 1. The Bertz CT molecular complexity index is 369. The van der Waals surface area contributed by atoms with E-state index in [0.29, 0.717) is 12.6 Å². The van der Waals surface area contributed by atoms with E-state index in [0.717, 1.165) is 30.6 Å². The molecule has 0 aromatic heterocycles. The van der Waals surface area contributed by atoms with Gasteiger partial charge in [0, 0.05) is 30.1 Å². The molecule has 0 spiro atoms. The first-order valence-corrected chi connectivity index (χ1v) is 7.28. The van der Waals surface area contributed by atoms with Crippen LogP contribution in [0.15, 0.2) is 28.7 Å². The van der Waals surface area contributed by atoms with Gasteiger partial charge in [0.2, 0.25) is 0 Å². The maximum Gasteiger partial charge on any atom is 0.0824 e. The highest BCUT2D eigenvalue weighted by molar-refractivity contribution is 9.10. The van der Waals surface area contributed by atoms with Crippen LogP contribution in [-0.4, -0.2) is 43.3 Å². The first kappa shape index (κ1) is 14.0. The molecular weight excluding hydrogens is 292 g/mol. The highest BCUT2D eigenvalue weighted by Crippen LogP contribution is 2.15. The number of rotatable bonds is 4. The Morgan fingerprint density at radius 1 is 1.44 bits per heavy atom. The van der Waals surface area contributed by atoms with Gasteiger partial charge in [-0.05, 0) is 31.0 Å². The minimum Gasteiger partial charge on any atom is -0.374 e. The van der Waals surface area contributed by atoms with E-state index in [1.807, 2.05) is 0 Å². The molecule has 3 nitrogen and oxygen atoms in total. The van der Waals surface area contributed by atoms with Crippen LogP contribution in [0.2, 0.25) is 0 Å². The standard InChI is InChI=1S/C14H21BrN2O/c1-11(8-12-2-4-13(15)5-3-12)17-6-7-18-14(9-16)10-17/h2-5,11,14H,6-10,16H2,1H3. The van der Waals surface area contributed by atoms with E-state index >= 15 is 0 Å². The van der Waals surface area contributed by atoms with Crippen molar-refractivity contribution in [3.63, 3.8) is 0 Å². The van der Waals surface area contributed by atoms with Crippen LogP contribution in [0.4, 0.5) is 0 Å². The zero-order valence-corrected chi connectivity index (χ0v) is 12.4. The third kappa shape index (κ3) is 3.79. The summed E-state index contributed by atoms with van der Waals surface area (Å²) in [5.74, 6) is 0. The second-order valence-electron chi connectivity index (χ2n) is 4.90. The van der Waals surface area contributed by atoms with Gasteiger partial charge >= 0.3 is 0 Å². The van der Waals surface area contributed by atoms with Gasteiger partial charge < -0.3 is 10.5 Å². The van der Waals surface area contributed by atoms with Gasteiger partial charge in [-0.25, -0.2) is 0 Å². The summed E-state index contributed by atoms with van der Waals surface area (Å²) < 4.78 is 6.73. The Hall–Kier alpha value is -0.420. The van der Waals surface area contributed by atoms with Crippen molar-refractivity contribution in [2.45, 2.75) is 25.5 Å². The van der Waals surface area contributed by atoms with Crippen molar-refractivity contribution in [1.82, 2.24) is 4.90 Å². The smallest absolute Gasteiger partial charge is 0.0824 e. The molecule has 0 bridgehead atoms. The quantitative estimate of drug-likeness (QED) is 0.924. The van der Waals surface area contributed by atoms with Gasteiger partial charge in [0.15, 0.2) is 0 Å². The molecule has 1 aromatic carbocycles. The number of ether oxygens (including phenoxy) is 1. The van der Waals surface area contributed by atoms with Crippen molar-refractivity contribution >= 4 is 15.9 Å². The van der Waals surface area contributed by atoms with Crippen molar-refractivity contribution in [3.8, 4) is 0 Å². The molecule has 100 valence electrons. The normalized spacial score (nSPS) is 22.9. The molecule has 1 aliphatic rings. The van der Waals surface area contributed by atoms with Gasteiger partial charge in [-0.1, -0.05) is 28.1 Å². The van der Waals surface area contributed by atoms with Crippen molar-refractivity contribution in [2.24, 2.45) is 5.73 Å². The van der Waals surface area contributed by atoms with E-state index in [9.17, 15) is 0 Å². The Morgan fingerprint density at radius 3 is 2.83 bits per heavy atom. The Labute approximate surface area is 117 Å². The predicted octanol–water partition coefficient (Wildman–Crippen LogP) is 2.04. The van der Waals surface area contributed by atoms with Gasteiger partial charge in [0.05, 0.1) is 12.7 Å². The second-order valence-corrected chi connectivity index (χ2v) is 5.82. The maximum absolute atomic E-state index is 5.68. The zero-order valence-electron chi connectivity index (χ0n) is 10.8. The van der Waals surface area contributed by atoms with Gasteiger partial charge in [0.25, 0.3) is 0 Å². The van der Waals surface area contributed by atoms with Crippen molar-refractivity contribution in [2.75, 3.05) is 26.2 Å². The van der Waals surface area contributed by atoms with Crippen molar-refractivity contribution < 1.29 is 4.74 Å². The molecule has 1 fully saturated rings. The summed E-state index contributed by atoms with van der Waals surface area (Å²) >= 11 is 3.46. The molecule has 0 aliphatic carbocycles. The van der Waals surface area contributed by atoms with E-state index in [4.69, 9.17) is 10.5 Å². The summed E-state index contributed by atoms with van der Waals surface area (Å²) in [5, 5.41) is 0. The molecule has 2 rings (SSSR count). The molecular formula is C14H21BrN2O. The molecule has 1 saturated heterocycles. The van der Waals surface area contributed by atoms with Crippen LogP contribution in [0.25, 0.3) is 0 Å². The summed E-state index contributed by atoms with van der Waals surface area (Å²) in [5.41, 5.74) is 7.05. The molecule has 18 heavy (non-hydrogen) atoms. The van der Waals surface area contributed by atoms with Crippen LogP contribution in [0.3, 0.4) is 0 Å². The van der Waals surface area contributed by atoms with Crippen LogP contribution < -0.4 is 5.73 Å². The molecule has 2 atom stereocenters. The summed E-state index contributed by atoms with van der Waals surface area (Å²) in [7, 11) is 0. The fraction of sp³-hybridized carbons (Fsp3) is 0.571. The summed E-state index contributed by atoms with van der Waals surface area (Å²) in [4.78, 5) is 2.48. The van der Waals surface area contributed by atoms with Crippen molar-refractivity contribution in [1.29, 1.82) is 0 Å². The fourth-order valence-electron chi connectivity index (χ4n) is 2.38. The lowest BCUT2D eigenvalue weighted by Gasteiger charge is -2.36. The number of halogens is 1. The van der Waals surface area contributed by atoms with Crippen LogP contribution in [-0.2, 0) is 11.2 Å². The Balaban J connectivity index is 1.90. The summed E-state index contributed by atoms with van der Waals surface area (Å²) in [6.45, 7) is 5.65. The molecule has 0 radical (unpaired) electrons. The molecule has 2 unspecified atom stereocenters. The van der Waals surface area contributed by atoms with Gasteiger partial charge in [-0.15, -0.1) is 0 Å². The van der Waals surface area contributed by atoms with Crippen LogP contribution in [0.1, 0.15) is 12.5 Å². The lowest BCUT2D eigenvalue weighted by Crippen LogP contribution is -2.49. The first-order chi connectivity index (χ1) is 8.69. The minimum atomic E-state index is 0.200. The first-order valence-electron chi connectivity index (χ1n) is 6.49. The summed E-state index contributed by atoms with van der Waals surface area (Å²) in [6.07, 6.45) is 1.27. The molecule has 4 heteroatoms. The number of hydrogen-bond acceptors (Lipinski definition) is 3. The highest BCUT2D eigenvalue weighted by atomic mass is 79.9. The number of benzene rings is 1. The van der Waals surface area contributed by atoms with Crippen LogP contribution in [0.5, 0.6) is 0 Å². The molecule has 1 heterocycles. The average molecular weight is 313 g/mol. The summed E-state index contributed by atoms with van der Waals surface area (Å²) in [6, 6.07) is 9.10. The van der Waals surface area contributed by atoms with Crippen LogP contribution >= 0.6 is 15.9 Å². The molecule has 0 amide bonds. The monoisotopic (exact) mass is 312 g/mol. The number of nitrogens with two attached hydrogens (primary N) is 1. The van der Waals surface area contributed by atoms with E-state index in [1.165, 1.54) is 5.56 Å². The predicted molar refractivity (Wildman–Crippen MR) is 77.7 cm³/mol. The second kappa shape index (κ2) is 6.66. The van der Waals surface area contributed by atoms with Gasteiger partial charge in [-0.2, -0.15) is 0 Å². The average Bonchev–Trinajstić information content (AvgIpc) is 2.41. The maximum atomic E-state index is 5.68. The topological polar surface area (TPSA) is 38.5 Å². The molecule has 0 saturated carbocycles. The number of morpholine rings is 1. The minimum absolute atomic E-state index is 0.200. The third-order valence-electron chi connectivity index (χ3n) is 3.50. The van der Waals surface area contributed by atoms with E-state index < -0.39 is 0 Å². The SMILES string of the molecule is CC(Cc1ccc(Br)cc1)N1CCOC(CN)C1. The molecule has 2 N–H and O–H groups in total. The fourth-order valence-corrected chi connectivity index (χ4v) is 2.64. The number of hydrogen-bond donors (Lipinski definition) is 1. The van der Waals surface area contributed by atoms with Crippen LogP contribution in [0, 0.1) is 0 Å². The van der Waals surface area contributed by atoms with Gasteiger partial charge in [0.1, 0.15) is 0 Å². The third-order valence-corrected chi connectivity index (χ3v) is 4.03. The zero-order chi connectivity index (χ0) is 13.0. The van der Waals surface area contributed by atoms with Gasteiger partial charge in [-0.3, -0.25) is 4.90 Å². The van der Waals surface area contributed by atoms with Crippen molar-refractivity contribution in [3.05, 3.63) is 34.3 Å². The molecule has 1 aromatic rings.